The largest absolute Gasteiger partial charge is 0.504 e. The summed E-state index contributed by atoms with van der Waals surface area (Å²) in [6.45, 7) is 5.55. The summed E-state index contributed by atoms with van der Waals surface area (Å²) < 4.78 is 19.5. The van der Waals surface area contributed by atoms with E-state index >= 15 is 0 Å². The fraction of sp³-hybridized carbons (Fsp3) is 0.294. The molecule has 0 unspecified atom stereocenters. The first-order valence-corrected chi connectivity index (χ1v) is 7.10. The Morgan fingerprint density at radius 3 is 2.67 bits per heavy atom. The molecule has 0 amide bonds. The van der Waals surface area contributed by atoms with Gasteiger partial charge in [0.15, 0.2) is 11.5 Å². The van der Waals surface area contributed by atoms with Gasteiger partial charge in [0.05, 0.1) is 17.7 Å². The lowest BCUT2D eigenvalue weighted by atomic mass is 10.1. The van der Waals surface area contributed by atoms with Crippen molar-refractivity contribution in [2.45, 2.75) is 27.2 Å². The van der Waals surface area contributed by atoms with E-state index in [0.29, 0.717) is 11.1 Å². The Morgan fingerprint density at radius 2 is 2.14 bits per heavy atom. The van der Waals surface area contributed by atoms with Crippen molar-refractivity contribution in [1.82, 2.24) is 0 Å². The number of hydrogen-bond acceptors (Lipinski definition) is 2. The Balaban J connectivity index is 3.39. The quantitative estimate of drug-likeness (QED) is 0.719. The van der Waals surface area contributed by atoms with E-state index in [9.17, 15) is 9.50 Å². The number of methoxy groups -OCH3 is 1. The van der Waals surface area contributed by atoms with Crippen molar-refractivity contribution in [2.75, 3.05) is 7.11 Å². The molecule has 0 heterocycles. The van der Waals surface area contributed by atoms with Crippen LogP contribution < -0.4 is 4.74 Å². The molecule has 1 rings (SSSR count). The Labute approximate surface area is 130 Å². The standard InChI is InChI=1S/C17H20ClFO2/c1-5-7-8-12(6-2)10-13(19)15-16(18)11(3)9-14(21-4)17(15)20/h6-10,20H,5H2,1-4H3/b8-7-,12-6+,13-10-. The number of halogens is 2. The van der Waals surface area contributed by atoms with Gasteiger partial charge in [-0.15, -0.1) is 0 Å². The third kappa shape index (κ3) is 4.11. The minimum atomic E-state index is -0.603. The second kappa shape index (κ2) is 7.89. The van der Waals surface area contributed by atoms with Gasteiger partial charge in [-0.2, -0.15) is 0 Å². The number of hydrogen-bond donors (Lipinski definition) is 1. The molecule has 2 nitrogen and oxygen atoms in total. The van der Waals surface area contributed by atoms with Crippen molar-refractivity contribution >= 4 is 17.4 Å². The van der Waals surface area contributed by atoms with Crippen LogP contribution in [0, 0.1) is 6.92 Å². The number of ether oxygens (including phenoxy) is 1. The molecule has 0 spiro atoms. The van der Waals surface area contributed by atoms with Crippen LogP contribution in [0.15, 0.2) is 35.9 Å². The summed E-state index contributed by atoms with van der Waals surface area (Å²) in [5.74, 6) is -0.702. The average Bonchev–Trinajstić information content (AvgIpc) is 2.47. The first-order valence-electron chi connectivity index (χ1n) is 6.72. The van der Waals surface area contributed by atoms with Gasteiger partial charge in [-0.05, 0) is 43.5 Å². The van der Waals surface area contributed by atoms with E-state index in [1.165, 1.54) is 13.2 Å². The molecule has 4 heteroatoms. The van der Waals surface area contributed by atoms with Gasteiger partial charge in [0.25, 0.3) is 0 Å². The zero-order valence-corrected chi connectivity index (χ0v) is 13.5. The lowest BCUT2D eigenvalue weighted by Gasteiger charge is -2.12. The van der Waals surface area contributed by atoms with Crippen LogP contribution in [0.4, 0.5) is 4.39 Å². The highest BCUT2D eigenvalue weighted by Gasteiger charge is 2.19. The summed E-state index contributed by atoms with van der Waals surface area (Å²) in [4.78, 5) is 0. The maximum Gasteiger partial charge on any atom is 0.169 e. The van der Waals surface area contributed by atoms with Gasteiger partial charge in [-0.25, -0.2) is 4.39 Å². The molecule has 0 radical (unpaired) electrons. The summed E-state index contributed by atoms with van der Waals surface area (Å²) in [6, 6.07) is 1.57. The van der Waals surface area contributed by atoms with E-state index < -0.39 is 5.83 Å². The van der Waals surface area contributed by atoms with Crippen LogP contribution in [0.25, 0.3) is 5.83 Å². The molecule has 114 valence electrons. The van der Waals surface area contributed by atoms with Gasteiger partial charge in [-0.1, -0.05) is 36.8 Å². The van der Waals surface area contributed by atoms with Crippen molar-refractivity contribution in [2.24, 2.45) is 0 Å². The van der Waals surface area contributed by atoms with Crippen LogP contribution in [0.1, 0.15) is 31.4 Å². The molecule has 0 bridgehead atoms. The molecule has 0 saturated carbocycles. The third-order valence-electron chi connectivity index (χ3n) is 3.01. The normalized spacial score (nSPS) is 13.0. The summed E-state index contributed by atoms with van der Waals surface area (Å²) in [5, 5.41) is 10.3. The van der Waals surface area contributed by atoms with E-state index in [2.05, 4.69) is 0 Å². The van der Waals surface area contributed by atoms with E-state index in [1.807, 2.05) is 26.0 Å². The second-order valence-corrected chi connectivity index (χ2v) is 4.90. The Morgan fingerprint density at radius 1 is 1.48 bits per heavy atom. The van der Waals surface area contributed by atoms with Gasteiger partial charge in [0.2, 0.25) is 0 Å². The molecule has 0 aliphatic heterocycles. The zero-order valence-electron chi connectivity index (χ0n) is 12.7. The summed E-state index contributed by atoms with van der Waals surface area (Å²) in [6.07, 6.45) is 7.72. The number of allylic oxidation sites excluding steroid dienone is 5. The van der Waals surface area contributed by atoms with E-state index in [0.717, 1.165) is 6.42 Å². The zero-order chi connectivity index (χ0) is 16.0. The molecule has 1 N–H and O–H groups in total. The van der Waals surface area contributed by atoms with Gasteiger partial charge in [0.1, 0.15) is 5.83 Å². The van der Waals surface area contributed by atoms with Gasteiger partial charge in [0, 0.05) is 0 Å². The topological polar surface area (TPSA) is 29.5 Å². The highest BCUT2D eigenvalue weighted by molar-refractivity contribution is 6.33. The lowest BCUT2D eigenvalue weighted by molar-refractivity contribution is 0.372. The summed E-state index contributed by atoms with van der Waals surface area (Å²) in [7, 11) is 1.41. The molecular weight excluding hydrogens is 291 g/mol. The van der Waals surface area contributed by atoms with E-state index in [4.69, 9.17) is 16.3 Å². The Kier molecular flexibility index (Phi) is 6.50. The van der Waals surface area contributed by atoms with Crippen molar-refractivity contribution in [3.63, 3.8) is 0 Å². The van der Waals surface area contributed by atoms with Crippen molar-refractivity contribution < 1.29 is 14.2 Å². The second-order valence-electron chi connectivity index (χ2n) is 4.52. The highest BCUT2D eigenvalue weighted by Crippen LogP contribution is 2.42. The summed E-state index contributed by atoms with van der Waals surface area (Å²) >= 11 is 6.12. The van der Waals surface area contributed by atoms with Crippen LogP contribution in [0.5, 0.6) is 11.5 Å². The molecule has 21 heavy (non-hydrogen) atoms. The fourth-order valence-electron chi connectivity index (χ4n) is 1.83. The lowest BCUT2D eigenvalue weighted by Crippen LogP contribution is -1.92. The third-order valence-corrected chi connectivity index (χ3v) is 3.50. The fourth-order valence-corrected chi connectivity index (χ4v) is 2.06. The predicted molar refractivity (Wildman–Crippen MR) is 86.7 cm³/mol. The first kappa shape index (κ1) is 17.3. The predicted octanol–water partition coefficient (Wildman–Crippen LogP) is 5.59. The maximum absolute atomic E-state index is 14.5. The minimum Gasteiger partial charge on any atom is -0.504 e. The van der Waals surface area contributed by atoms with E-state index in [-0.39, 0.29) is 22.1 Å². The smallest absolute Gasteiger partial charge is 0.169 e. The van der Waals surface area contributed by atoms with E-state index in [1.54, 1.807) is 19.1 Å². The van der Waals surface area contributed by atoms with Gasteiger partial charge >= 0.3 is 0 Å². The molecule has 0 aromatic heterocycles. The van der Waals surface area contributed by atoms with Crippen LogP contribution >= 0.6 is 11.6 Å². The summed E-state index contributed by atoms with van der Waals surface area (Å²) in [5.41, 5.74) is 1.29. The minimum absolute atomic E-state index is 0.0437. The molecular formula is C17H20ClFO2. The van der Waals surface area contributed by atoms with Gasteiger partial charge in [-0.3, -0.25) is 0 Å². The number of rotatable bonds is 5. The molecule has 0 fully saturated rings. The average molecular weight is 311 g/mol. The molecule has 1 aromatic carbocycles. The SMILES string of the molecule is C/C=C(\C=C/CC)/C=C(\F)c1c(O)c(OC)cc(C)c1Cl. The number of aryl methyl sites for hydroxylation is 1. The molecule has 0 aliphatic carbocycles. The highest BCUT2D eigenvalue weighted by atomic mass is 35.5. The monoisotopic (exact) mass is 310 g/mol. The van der Waals surface area contributed by atoms with Gasteiger partial charge < -0.3 is 9.84 Å². The maximum atomic E-state index is 14.5. The molecule has 1 aromatic rings. The number of phenols is 1. The van der Waals surface area contributed by atoms with Crippen molar-refractivity contribution in [1.29, 1.82) is 0 Å². The van der Waals surface area contributed by atoms with Crippen LogP contribution in [-0.4, -0.2) is 12.2 Å². The van der Waals surface area contributed by atoms with Crippen LogP contribution in [-0.2, 0) is 0 Å². The van der Waals surface area contributed by atoms with Crippen molar-refractivity contribution in [3.8, 4) is 11.5 Å². The Bertz CT molecular complexity index is 601. The molecule has 0 aliphatic rings. The number of benzene rings is 1. The van der Waals surface area contributed by atoms with Crippen LogP contribution in [0.2, 0.25) is 5.02 Å². The van der Waals surface area contributed by atoms with Crippen LogP contribution in [0.3, 0.4) is 0 Å². The first-order chi connectivity index (χ1) is 9.96. The Hall–Kier alpha value is -1.74. The van der Waals surface area contributed by atoms with Crippen molar-refractivity contribution in [3.05, 3.63) is 52.1 Å². The number of phenolic OH excluding ortho intramolecular Hbond substituents is 1. The molecule has 0 saturated heterocycles. The number of aromatic hydroxyl groups is 1. The molecule has 0 atom stereocenters.